The Hall–Kier alpha value is -1.45. The van der Waals surface area contributed by atoms with Gasteiger partial charge in [-0.05, 0) is 20.3 Å². The van der Waals surface area contributed by atoms with Gasteiger partial charge in [0.05, 0.1) is 24.2 Å². The minimum absolute atomic E-state index is 0.332. The Kier molecular flexibility index (Phi) is 3.17. The molecule has 1 heterocycles. The zero-order chi connectivity index (χ0) is 10.7. The fraction of sp³-hybridized carbons (Fsp3) is 0.500. The molecule has 0 fully saturated rings. The summed E-state index contributed by atoms with van der Waals surface area (Å²) in [5, 5.41) is 0. The van der Waals surface area contributed by atoms with E-state index in [1.807, 2.05) is 20.8 Å². The van der Waals surface area contributed by atoms with Crippen molar-refractivity contribution >= 4 is 5.97 Å². The van der Waals surface area contributed by atoms with Crippen molar-refractivity contribution in [2.75, 3.05) is 7.11 Å². The van der Waals surface area contributed by atoms with E-state index >= 15 is 0 Å². The van der Waals surface area contributed by atoms with E-state index in [0.29, 0.717) is 17.8 Å². The number of hydrogen-bond acceptors (Lipinski definition) is 4. The number of hydrogen-bond donors (Lipinski definition) is 0. The highest BCUT2D eigenvalue weighted by molar-refractivity contribution is 5.88. The number of ether oxygens (including phenoxy) is 1. The molecule has 1 aromatic heterocycles. The lowest BCUT2D eigenvalue weighted by Crippen LogP contribution is -2.12. The Morgan fingerprint density at radius 1 is 1.29 bits per heavy atom. The van der Waals surface area contributed by atoms with Crippen molar-refractivity contribution in [3.8, 4) is 0 Å². The lowest BCUT2D eigenvalue weighted by atomic mass is 10.2. The second-order valence-electron chi connectivity index (χ2n) is 3.03. The molecule has 0 aliphatic rings. The number of aryl methyl sites for hydroxylation is 3. The molecular formula is C10H14N2O2. The molecule has 1 aromatic rings. The summed E-state index contributed by atoms with van der Waals surface area (Å²) < 4.78 is 4.63. The third-order valence-corrected chi connectivity index (χ3v) is 2.09. The standard InChI is InChI=1S/C10H14N2O2/c1-5-8-9(10(13)14-4)12-7(3)6(2)11-8/h5H2,1-4H3. The average molecular weight is 194 g/mol. The second-order valence-corrected chi connectivity index (χ2v) is 3.03. The third kappa shape index (κ3) is 1.89. The highest BCUT2D eigenvalue weighted by Gasteiger charge is 2.15. The zero-order valence-electron chi connectivity index (χ0n) is 8.92. The minimum atomic E-state index is -0.419. The molecule has 0 N–H and O–H groups in total. The Bertz CT molecular complexity index is 361. The first-order valence-electron chi connectivity index (χ1n) is 4.52. The van der Waals surface area contributed by atoms with Crippen LogP contribution in [0.5, 0.6) is 0 Å². The number of nitrogens with zero attached hydrogens (tertiary/aromatic N) is 2. The molecule has 0 spiro atoms. The van der Waals surface area contributed by atoms with Crippen LogP contribution in [-0.2, 0) is 11.2 Å². The third-order valence-electron chi connectivity index (χ3n) is 2.09. The Morgan fingerprint density at radius 3 is 2.36 bits per heavy atom. The van der Waals surface area contributed by atoms with Gasteiger partial charge in [0.1, 0.15) is 0 Å². The van der Waals surface area contributed by atoms with Gasteiger partial charge < -0.3 is 4.74 Å². The number of carbonyl (C=O) groups excluding carboxylic acids is 1. The van der Waals surface area contributed by atoms with Crippen molar-refractivity contribution in [2.24, 2.45) is 0 Å². The molecule has 0 aromatic carbocycles. The van der Waals surface area contributed by atoms with Gasteiger partial charge in [-0.25, -0.2) is 9.78 Å². The van der Waals surface area contributed by atoms with Crippen LogP contribution in [0.2, 0.25) is 0 Å². The van der Waals surface area contributed by atoms with Crippen LogP contribution in [0.15, 0.2) is 0 Å². The number of methoxy groups -OCH3 is 1. The molecule has 76 valence electrons. The van der Waals surface area contributed by atoms with Gasteiger partial charge >= 0.3 is 5.97 Å². The largest absolute Gasteiger partial charge is 0.464 e. The highest BCUT2D eigenvalue weighted by atomic mass is 16.5. The molecule has 0 amide bonds. The topological polar surface area (TPSA) is 52.1 Å². The molecule has 4 nitrogen and oxygen atoms in total. The van der Waals surface area contributed by atoms with Crippen molar-refractivity contribution in [1.82, 2.24) is 9.97 Å². The quantitative estimate of drug-likeness (QED) is 0.668. The van der Waals surface area contributed by atoms with Crippen LogP contribution >= 0.6 is 0 Å². The predicted molar refractivity (Wildman–Crippen MR) is 52.2 cm³/mol. The van der Waals surface area contributed by atoms with Gasteiger partial charge in [0, 0.05) is 0 Å². The highest BCUT2D eigenvalue weighted by Crippen LogP contribution is 2.09. The number of aromatic nitrogens is 2. The van der Waals surface area contributed by atoms with Gasteiger partial charge in [-0.15, -0.1) is 0 Å². The van der Waals surface area contributed by atoms with Gasteiger partial charge in [-0.3, -0.25) is 4.98 Å². The van der Waals surface area contributed by atoms with Crippen LogP contribution in [0, 0.1) is 13.8 Å². The maximum absolute atomic E-state index is 11.3. The number of esters is 1. The van der Waals surface area contributed by atoms with Crippen molar-refractivity contribution < 1.29 is 9.53 Å². The SMILES string of the molecule is CCc1nc(C)c(C)nc1C(=O)OC. The van der Waals surface area contributed by atoms with E-state index in [-0.39, 0.29) is 0 Å². The molecule has 14 heavy (non-hydrogen) atoms. The normalized spacial score (nSPS) is 10.0. The van der Waals surface area contributed by atoms with Crippen LogP contribution in [-0.4, -0.2) is 23.0 Å². The van der Waals surface area contributed by atoms with Crippen LogP contribution in [0.25, 0.3) is 0 Å². The molecular weight excluding hydrogens is 180 g/mol. The number of carbonyl (C=O) groups is 1. The maximum Gasteiger partial charge on any atom is 0.358 e. The van der Waals surface area contributed by atoms with Crippen molar-refractivity contribution in [1.29, 1.82) is 0 Å². The smallest absolute Gasteiger partial charge is 0.358 e. The van der Waals surface area contributed by atoms with Crippen molar-refractivity contribution in [3.05, 3.63) is 22.8 Å². The van der Waals surface area contributed by atoms with E-state index in [2.05, 4.69) is 14.7 Å². The van der Waals surface area contributed by atoms with E-state index in [0.717, 1.165) is 11.4 Å². The summed E-state index contributed by atoms with van der Waals surface area (Å²) >= 11 is 0. The summed E-state index contributed by atoms with van der Waals surface area (Å²) in [5.74, 6) is -0.419. The molecule has 0 bridgehead atoms. The molecule has 0 aliphatic carbocycles. The molecule has 0 atom stereocenters. The van der Waals surface area contributed by atoms with Crippen molar-refractivity contribution in [2.45, 2.75) is 27.2 Å². The minimum Gasteiger partial charge on any atom is -0.464 e. The molecule has 0 saturated carbocycles. The summed E-state index contributed by atoms with van der Waals surface area (Å²) in [6.07, 6.45) is 0.679. The zero-order valence-corrected chi connectivity index (χ0v) is 8.92. The molecule has 1 rings (SSSR count). The van der Waals surface area contributed by atoms with Gasteiger partial charge in [0.2, 0.25) is 0 Å². The lowest BCUT2D eigenvalue weighted by Gasteiger charge is -2.07. The predicted octanol–water partition coefficient (Wildman–Crippen LogP) is 1.44. The Morgan fingerprint density at radius 2 is 1.86 bits per heavy atom. The van der Waals surface area contributed by atoms with E-state index in [1.165, 1.54) is 7.11 Å². The van der Waals surface area contributed by atoms with Gasteiger partial charge in [0.25, 0.3) is 0 Å². The molecule has 0 aliphatic heterocycles. The molecule has 0 radical (unpaired) electrons. The Balaban J connectivity index is 3.27. The van der Waals surface area contributed by atoms with E-state index in [9.17, 15) is 4.79 Å². The summed E-state index contributed by atoms with van der Waals surface area (Å²) in [6.45, 7) is 5.64. The lowest BCUT2D eigenvalue weighted by molar-refractivity contribution is 0.0591. The van der Waals surface area contributed by atoms with E-state index in [4.69, 9.17) is 0 Å². The number of rotatable bonds is 2. The molecule has 4 heteroatoms. The molecule has 0 unspecified atom stereocenters. The average Bonchev–Trinajstić information content (AvgIpc) is 2.20. The summed E-state index contributed by atoms with van der Waals surface area (Å²) in [4.78, 5) is 19.8. The summed E-state index contributed by atoms with van der Waals surface area (Å²) in [5.41, 5.74) is 2.65. The van der Waals surface area contributed by atoms with Crippen LogP contribution in [0.3, 0.4) is 0 Å². The van der Waals surface area contributed by atoms with Gasteiger partial charge in [-0.2, -0.15) is 0 Å². The van der Waals surface area contributed by atoms with Crippen LogP contribution < -0.4 is 0 Å². The molecule has 0 saturated heterocycles. The van der Waals surface area contributed by atoms with Crippen LogP contribution in [0.4, 0.5) is 0 Å². The monoisotopic (exact) mass is 194 g/mol. The fourth-order valence-corrected chi connectivity index (χ4v) is 1.16. The summed E-state index contributed by atoms with van der Waals surface area (Å²) in [7, 11) is 1.35. The maximum atomic E-state index is 11.3. The van der Waals surface area contributed by atoms with Gasteiger partial charge in [0.15, 0.2) is 5.69 Å². The summed E-state index contributed by atoms with van der Waals surface area (Å²) in [6, 6.07) is 0. The first-order valence-corrected chi connectivity index (χ1v) is 4.52. The van der Waals surface area contributed by atoms with E-state index in [1.54, 1.807) is 0 Å². The van der Waals surface area contributed by atoms with Crippen molar-refractivity contribution in [3.63, 3.8) is 0 Å². The van der Waals surface area contributed by atoms with Gasteiger partial charge in [-0.1, -0.05) is 6.92 Å². The first kappa shape index (κ1) is 10.6. The second kappa shape index (κ2) is 4.17. The van der Waals surface area contributed by atoms with E-state index < -0.39 is 5.97 Å². The Labute approximate surface area is 83.3 Å². The fourth-order valence-electron chi connectivity index (χ4n) is 1.16. The first-order chi connectivity index (χ1) is 6.60. The van der Waals surface area contributed by atoms with Crippen LogP contribution in [0.1, 0.15) is 34.5 Å².